The van der Waals surface area contributed by atoms with E-state index in [2.05, 4.69) is 13.8 Å². The monoisotopic (exact) mass is 462 g/mol. The molecule has 0 fully saturated rings. The molecule has 0 saturated heterocycles. The van der Waals surface area contributed by atoms with Gasteiger partial charge in [-0.1, -0.05) is 136 Å². The Bertz CT molecular complexity index is 450. The highest BCUT2D eigenvalue weighted by molar-refractivity contribution is 7.81. The van der Waals surface area contributed by atoms with Crippen molar-refractivity contribution in [2.75, 3.05) is 6.61 Å². The first-order valence-electron chi connectivity index (χ1n) is 13.6. The van der Waals surface area contributed by atoms with E-state index in [-0.39, 0.29) is 12.7 Å². The maximum absolute atomic E-state index is 11.9. The van der Waals surface area contributed by atoms with Crippen LogP contribution in [0.3, 0.4) is 0 Å². The molecule has 1 atom stereocenters. The van der Waals surface area contributed by atoms with Crippen LogP contribution in [0, 0.1) is 0 Å². The largest absolute Gasteiger partial charge is 0.400 e. The van der Waals surface area contributed by atoms with Crippen molar-refractivity contribution in [2.45, 2.75) is 162 Å². The van der Waals surface area contributed by atoms with Crippen molar-refractivity contribution in [1.82, 2.24) is 0 Å². The highest BCUT2D eigenvalue weighted by atomic mass is 32.3. The first-order valence-corrected chi connectivity index (χ1v) is 15.0. The number of unbranched alkanes of at least 4 members (excludes halogenated alkanes) is 17. The van der Waals surface area contributed by atoms with Gasteiger partial charge in [0.25, 0.3) is 0 Å². The molecule has 0 bridgehead atoms. The Balaban J connectivity index is 3.43. The van der Waals surface area contributed by atoms with Gasteiger partial charge in [0, 0.05) is 0 Å². The molecule has 0 heterocycles. The van der Waals surface area contributed by atoms with Crippen molar-refractivity contribution in [3.8, 4) is 0 Å². The molecule has 0 N–H and O–H groups in total. The van der Waals surface area contributed by atoms with Gasteiger partial charge >= 0.3 is 10.4 Å². The fraction of sp³-hybridized carbons (Fsp3) is 1.00. The normalized spacial score (nSPS) is 13.0. The number of hydrogen-bond acceptors (Lipinski definition) is 4. The van der Waals surface area contributed by atoms with Crippen LogP contribution in [-0.2, 0) is 18.8 Å². The van der Waals surface area contributed by atoms with Crippen molar-refractivity contribution in [1.29, 1.82) is 0 Å². The topological polar surface area (TPSA) is 52.6 Å². The molecule has 5 heteroatoms. The maximum atomic E-state index is 11.9. The van der Waals surface area contributed by atoms with Crippen LogP contribution in [0.5, 0.6) is 0 Å². The van der Waals surface area contributed by atoms with E-state index in [9.17, 15) is 8.42 Å². The van der Waals surface area contributed by atoms with Gasteiger partial charge in [0.2, 0.25) is 0 Å². The molecule has 1 unspecified atom stereocenters. The third-order valence-electron chi connectivity index (χ3n) is 6.06. The van der Waals surface area contributed by atoms with Gasteiger partial charge in [0.1, 0.15) is 0 Å². The van der Waals surface area contributed by atoms with E-state index in [0.717, 1.165) is 44.9 Å². The van der Waals surface area contributed by atoms with Crippen LogP contribution in [0.15, 0.2) is 0 Å². The van der Waals surface area contributed by atoms with Crippen molar-refractivity contribution >= 4 is 10.4 Å². The average molecular weight is 463 g/mol. The summed E-state index contributed by atoms with van der Waals surface area (Å²) in [5, 5.41) is 0. The molecule has 4 nitrogen and oxygen atoms in total. The van der Waals surface area contributed by atoms with Crippen molar-refractivity contribution in [3.05, 3.63) is 0 Å². The first-order chi connectivity index (χ1) is 15.1. The van der Waals surface area contributed by atoms with Crippen molar-refractivity contribution < 1.29 is 16.8 Å². The second kappa shape index (κ2) is 23.0. The molecule has 0 aromatic heterocycles. The third kappa shape index (κ3) is 22.8. The van der Waals surface area contributed by atoms with Gasteiger partial charge in [-0.2, -0.15) is 8.42 Å². The molecule has 0 aromatic rings. The molecular formula is C26H54O4S. The summed E-state index contributed by atoms with van der Waals surface area (Å²) in [7, 11) is -3.85. The summed E-state index contributed by atoms with van der Waals surface area (Å²) in [6.07, 6.45) is 25.3. The molecule has 0 aliphatic rings. The molecule has 188 valence electrons. The van der Waals surface area contributed by atoms with E-state index in [1.807, 2.05) is 6.92 Å². The molecule has 0 spiro atoms. The van der Waals surface area contributed by atoms with Gasteiger partial charge in [-0.25, -0.2) is 8.37 Å². The summed E-state index contributed by atoms with van der Waals surface area (Å²) in [6.45, 7) is 6.61. The predicted molar refractivity (Wildman–Crippen MR) is 134 cm³/mol. The fourth-order valence-corrected chi connectivity index (χ4v) is 4.89. The summed E-state index contributed by atoms with van der Waals surface area (Å²) in [4.78, 5) is 0. The van der Waals surface area contributed by atoms with E-state index in [1.165, 1.54) is 83.5 Å². The van der Waals surface area contributed by atoms with Crippen molar-refractivity contribution in [2.24, 2.45) is 0 Å². The van der Waals surface area contributed by atoms with Crippen LogP contribution in [0.1, 0.15) is 156 Å². The second-order valence-electron chi connectivity index (χ2n) is 9.16. The molecule has 0 radical (unpaired) electrons. The highest BCUT2D eigenvalue weighted by Crippen LogP contribution is 2.16. The lowest BCUT2D eigenvalue weighted by Crippen LogP contribution is -2.20. The van der Waals surface area contributed by atoms with E-state index in [1.54, 1.807) is 0 Å². The van der Waals surface area contributed by atoms with Crippen LogP contribution in [0.2, 0.25) is 0 Å². The molecule has 0 saturated carbocycles. The lowest BCUT2D eigenvalue weighted by Gasteiger charge is -2.15. The van der Waals surface area contributed by atoms with Crippen LogP contribution in [0.25, 0.3) is 0 Å². The maximum Gasteiger partial charge on any atom is 0.400 e. The zero-order valence-electron chi connectivity index (χ0n) is 21.2. The second-order valence-corrected chi connectivity index (χ2v) is 10.4. The summed E-state index contributed by atoms with van der Waals surface area (Å²) in [5.41, 5.74) is 0. The van der Waals surface area contributed by atoms with Gasteiger partial charge in [-0.15, -0.1) is 0 Å². The zero-order valence-corrected chi connectivity index (χ0v) is 22.0. The molecule has 0 aliphatic heterocycles. The van der Waals surface area contributed by atoms with Gasteiger partial charge in [-0.3, -0.25) is 0 Å². The van der Waals surface area contributed by atoms with Gasteiger partial charge in [0.15, 0.2) is 0 Å². The Hall–Kier alpha value is -0.130. The lowest BCUT2D eigenvalue weighted by atomic mass is 10.0. The van der Waals surface area contributed by atoms with Crippen LogP contribution < -0.4 is 0 Å². The van der Waals surface area contributed by atoms with Gasteiger partial charge in [-0.05, 0) is 19.3 Å². The van der Waals surface area contributed by atoms with E-state index in [0.29, 0.717) is 6.42 Å². The Morgan fingerprint density at radius 3 is 1.35 bits per heavy atom. The standard InChI is InChI=1S/C26H54O4S/c1-4-7-9-10-11-12-13-14-15-16-17-18-19-20-21-23-25-29-31(27,28)30-26(6-3)24-22-8-5-2/h26H,4-25H2,1-3H3. The minimum absolute atomic E-state index is 0.242. The average Bonchev–Trinajstić information content (AvgIpc) is 2.75. The third-order valence-corrected chi connectivity index (χ3v) is 7.03. The molecule has 0 amide bonds. The quantitative estimate of drug-likeness (QED) is 0.127. The zero-order chi connectivity index (χ0) is 23.0. The van der Waals surface area contributed by atoms with E-state index < -0.39 is 10.4 Å². The van der Waals surface area contributed by atoms with Gasteiger partial charge in [0.05, 0.1) is 12.7 Å². The highest BCUT2D eigenvalue weighted by Gasteiger charge is 2.18. The predicted octanol–water partition coefficient (Wildman–Crippen LogP) is 8.88. The Kier molecular flexibility index (Phi) is 22.9. The van der Waals surface area contributed by atoms with Crippen LogP contribution in [-0.4, -0.2) is 21.1 Å². The molecule has 0 aromatic carbocycles. The smallest absolute Gasteiger partial charge is 0.248 e. The minimum atomic E-state index is -3.85. The van der Waals surface area contributed by atoms with E-state index >= 15 is 0 Å². The minimum Gasteiger partial charge on any atom is -0.248 e. The molecule has 0 aliphatic carbocycles. The van der Waals surface area contributed by atoms with Crippen molar-refractivity contribution in [3.63, 3.8) is 0 Å². The molecular weight excluding hydrogens is 408 g/mol. The first kappa shape index (κ1) is 30.9. The van der Waals surface area contributed by atoms with E-state index in [4.69, 9.17) is 8.37 Å². The molecule has 0 rings (SSSR count). The van der Waals surface area contributed by atoms with Crippen LogP contribution in [0.4, 0.5) is 0 Å². The number of hydrogen-bond donors (Lipinski definition) is 0. The summed E-state index contributed by atoms with van der Waals surface area (Å²) in [5.74, 6) is 0. The summed E-state index contributed by atoms with van der Waals surface area (Å²) >= 11 is 0. The Morgan fingerprint density at radius 1 is 0.548 bits per heavy atom. The summed E-state index contributed by atoms with van der Waals surface area (Å²) in [6, 6.07) is 0. The van der Waals surface area contributed by atoms with Gasteiger partial charge < -0.3 is 0 Å². The summed E-state index contributed by atoms with van der Waals surface area (Å²) < 4.78 is 34.1. The number of rotatable bonds is 25. The SMILES string of the molecule is CCCCCCCCCCCCCCCCCCOS(=O)(=O)OC(CC)CCCCC. The lowest BCUT2D eigenvalue weighted by molar-refractivity contribution is 0.142. The Morgan fingerprint density at radius 2 is 0.935 bits per heavy atom. The van der Waals surface area contributed by atoms with Crippen LogP contribution >= 0.6 is 0 Å². The fourth-order valence-electron chi connectivity index (χ4n) is 3.95. The molecule has 31 heavy (non-hydrogen) atoms. The Labute approximate surface area is 195 Å².